The first-order chi connectivity index (χ1) is 7.41. The second-order valence-electron chi connectivity index (χ2n) is 4.02. The largest absolute Gasteiger partial charge is 0.234 e. The van der Waals surface area contributed by atoms with Gasteiger partial charge in [-0.05, 0) is 31.8 Å². The summed E-state index contributed by atoms with van der Waals surface area (Å²) in [4.78, 5) is 9.88. The summed E-state index contributed by atoms with van der Waals surface area (Å²) >= 11 is 0. The van der Waals surface area contributed by atoms with E-state index < -0.39 is 0 Å². The topological polar surface area (TPSA) is 17.1 Å². The van der Waals surface area contributed by atoms with Crippen LogP contribution in [0.3, 0.4) is 0 Å². The quantitative estimate of drug-likeness (QED) is 0.278. The standard InChI is InChI=1S/C14H24O/c1-2-3-4-5-6-7-8-9-10-11-12-13-14-15/h2,13H,1,3-12H2. The Morgan fingerprint density at radius 2 is 1.27 bits per heavy atom. The smallest absolute Gasteiger partial charge is 0.120 e. The molecule has 0 aromatic carbocycles. The molecule has 0 aliphatic heterocycles. The fraction of sp³-hybridized carbons (Fsp3) is 0.714. The molecule has 86 valence electrons. The summed E-state index contributed by atoms with van der Waals surface area (Å²) in [5, 5.41) is 0. The molecule has 0 atom stereocenters. The molecule has 0 saturated heterocycles. The number of unbranched alkanes of at least 4 members (excludes halogenated alkanes) is 9. The molecule has 0 rings (SSSR count). The SMILES string of the molecule is C=CCCCCCCCCCCC=C=O. The van der Waals surface area contributed by atoms with Crippen molar-refractivity contribution in [2.75, 3.05) is 0 Å². The minimum Gasteiger partial charge on any atom is -0.234 e. The van der Waals surface area contributed by atoms with E-state index in [9.17, 15) is 4.79 Å². The highest BCUT2D eigenvalue weighted by atomic mass is 16.1. The Hall–Kier alpha value is -0.810. The summed E-state index contributed by atoms with van der Waals surface area (Å²) in [5.74, 6) is 1.82. The molecule has 0 spiro atoms. The third kappa shape index (κ3) is 13.2. The lowest BCUT2D eigenvalue weighted by atomic mass is 10.1. The van der Waals surface area contributed by atoms with Crippen LogP contribution in [0, 0.1) is 0 Å². The van der Waals surface area contributed by atoms with E-state index in [1.807, 2.05) is 12.0 Å². The van der Waals surface area contributed by atoms with Crippen molar-refractivity contribution in [3.05, 3.63) is 18.7 Å². The number of hydrogen-bond acceptors (Lipinski definition) is 1. The van der Waals surface area contributed by atoms with Gasteiger partial charge in [-0.25, -0.2) is 4.79 Å². The molecule has 0 aromatic rings. The lowest BCUT2D eigenvalue weighted by Crippen LogP contribution is -1.80. The molecule has 0 aromatic heterocycles. The highest BCUT2D eigenvalue weighted by molar-refractivity contribution is 5.44. The van der Waals surface area contributed by atoms with Crippen LogP contribution >= 0.6 is 0 Å². The molecular formula is C14H24O. The summed E-state index contributed by atoms with van der Waals surface area (Å²) in [5.41, 5.74) is 0. The van der Waals surface area contributed by atoms with Gasteiger partial charge >= 0.3 is 0 Å². The molecule has 0 aliphatic rings. The van der Waals surface area contributed by atoms with Crippen molar-refractivity contribution in [3.8, 4) is 0 Å². The van der Waals surface area contributed by atoms with Crippen LogP contribution in [0.2, 0.25) is 0 Å². The summed E-state index contributed by atoms with van der Waals surface area (Å²) in [7, 11) is 0. The summed E-state index contributed by atoms with van der Waals surface area (Å²) < 4.78 is 0. The van der Waals surface area contributed by atoms with Gasteiger partial charge in [0.1, 0.15) is 5.94 Å². The molecular weight excluding hydrogens is 184 g/mol. The molecule has 0 fully saturated rings. The van der Waals surface area contributed by atoms with Crippen LogP contribution in [-0.4, -0.2) is 5.94 Å². The molecule has 1 nitrogen and oxygen atoms in total. The fourth-order valence-electron chi connectivity index (χ4n) is 1.65. The van der Waals surface area contributed by atoms with Gasteiger partial charge in [0.25, 0.3) is 0 Å². The van der Waals surface area contributed by atoms with E-state index in [0.29, 0.717) is 0 Å². The number of hydrogen-bond donors (Lipinski definition) is 0. The zero-order valence-electron chi connectivity index (χ0n) is 9.84. The van der Waals surface area contributed by atoms with Gasteiger partial charge in [0.05, 0.1) is 0 Å². The normalized spacial score (nSPS) is 9.60. The summed E-state index contributed by atoms with van der Waals surface area (Å²) in [6.07, 6.45) is 16.1. The van der Waals surface area contributed by atoms with E-state index in [1.54, 1.807) is 6.08 Å². The maximum Gasteiger partial charge on any atom is 0.120 e. The molecule has 0 N–H and O–H groups in total. The fourth-order valence-corrected chi connectivity index (χ4v) is 1.65. The molecule has 15 heavy (non-hydrogen) atoms. The average Bonchev–Trinajstić information content (AvgIpc) is 2.26. The number of carbonyl (C=O) groups excluding carboxylic acids is 1. The second kappa shape index (κ2) is 13.2. The molecule has 0 unspecified atom stereocenters. The van der Waals surface area contributed by atoms with Gasteiger partial charge in [-0.15, -0.1) is 6.58 Å². The van der Waals surface area contributed by atoms with Crippen molar-refractivity contribution in [2.24, 2.45) is 0 Å². The number of rotatable bonds is 11. The zero-order valence-corrected chi connectivity index (χ0v) is 9.84. The van der Waals surface area contributed by atoms with E-state index >= 15 is 0 Å². The zero-order chi connectivity index (χ0) is 11.2. The van der Waals surface area contributed by atoms with Crippen LogP contribution in [0.25, 0.3) is 0 Å². The monoisotopic (exact) mass is 208 g/mol. The van der Waals surface area contributed by atoms with Crippen LogP contribution in [-0.2, 0) is 4.79 Å². The first kappa shape index (κ1) is 14.2. The van der Waals surface area contributed by atoms with Crippen LogP contribution in [0.5, 0.6) is 0 Å². The Morgan fingerprint density at radius 1 is 0.800 bits per heavy atom. The van der Waals surface area contributed by atoms with Crippen molar-refractivity contribution in [3.63, 3.8) is 0 Å². The third-order valence-electron chi connectivity index (χ3n) is 2.59. The Labute approximate surface area is 94.3 Å². The minimum absolute atomic E-state index is 0.906. The van der Waals surface area contributed by atoms with Gasteiger partial charge in [-0.1, -0.05) is 44.6 Å². The Bertz CT molecular complexity index is 178. The molecule has 0 aliphatic carbocycles. The second-order valence-corrected chi connectivity index (χ2v) is 4.02. The van der Waals surface area contributed by atoms with E-state index in [1.165, 1.54) is 44.9 Å². The Kier molecular flexibility index (Phi) is 12.5. The summed E-state index contributed by atoms with van der Waals surface area (Å²) in [6.45, 7) is 3.71. The predicted molar refractivity (Wildman–Crippen MR) is 66.6 cm³/mol. The van der Waals surface area contributed by atoms with Crippen molar-refractivity contribution in [2.45, 2.75) is 64.2 Å². The summed E-state index contributed by atoms with van der Waals surface area (Å²) in [6, 6.07) is 0. The molecule has 0 amide bonds. The highest BCUT2D eigenvalue weighted by Crippen LogP contribution is 2.10. The minimum atomic E-state index is 0.906. The maximum atomic E-state index is 9.88. The Balaban J connectivity index is 2.92. The third-order valence-corrected chi connectivity index (χ3v) is 2.59. The van der Waals surface area contributed by atoms with Gasteiger partial charge in [0, 0.05) is 0 Å². The molecule has 0 bridgehead atoms. The lowest BCUT2D eigenvalue weighted by Gasteiger charge is -2.00. The number of allylic oxidation sites excluding steroid dienone is 2. The molecule has 0 saturated carbocycles. The van der Waals surface area contributed by atoms with Gasteiger partial charge in [-0.3, -0.25) is 0 Å². The van der Waals surface area contributed by atoms with Crippen molar-refractivity contribution in [1.82, 2.24) is 0 Å². The maximum absolute atomic E-state index is 9.88. The van der Waals surface area contributed by atoms with Crippen LogP contribution in [0.15, 0.2) is 18.7 Å². The van der Waals surface area contributed by atoms with Crippen molar-refractivity contribution < 1.29 is 4.79 Å². The highest BCUT2D eigenvalue weighted by Gasteiger charge is 1.91. The van der Waals surface area contributed by atoms with E-state index in [0.717, 1.165) is 19.3 Å². The van der Waals surface area contributed by atoms with Crippen LogP contribution < -0.4 is 0 Å². The van der Waals surface area contributed by atoms with Gasteiger partial charge in [0.2, 0.25) is 0 Å². The van der Waals surface area contributed by atoms with Gasteiger partial charge in [-0.2, -0.15) is 0 Å². The van der Waals surface area contributed by atoms with E-state index in [-0.39, 0.29) is 0 Å². The van der Waals surface area contributed by atoms with E-state index in [2.05, 4.69) is 6.58 Å². The lowest BCUT2D eigenvalue weighted by molar-refractivity contribution is 0.563. The van der Waals surface area contributed by atoms with Gasteiger partial charge in [0.15, 0.2) is 0 Å². The first-order valence-electron chi connectivity index (χ1n) is 6.22. The van der Waals surface area contributed by atoms with E-state index in [4.69, 9.17) is 0 Å². The predicted octanol–water partition coefficient (Wildman–Crippen LogP) is 4.46. The van der Waals surface area contributed by atoms with Crippen LogP contribution in [0.4, 0.5) is 0 Å². The average molecular weight is 208 g/mol. The molecule has 0 heterocycles. The Morgan fingerprint density at radius 3 is 1.73 bits per heavy atom. The van der Waals surface area contributed by atoms with Crippen LogP contribution in [0.1, 0.15) is 64.2 Å². The molecule has 0 radical (unpaired) electrons. The van der Waals surface area contributed by atoms with Crippen molar-refractivity contribution >= 4 is 5.94 Å². The first-order valence-corrected chi connectivity index (χ1v) is 6.22. The van der Waals surface area contributed by atoms with Gasteiger partial charge < -0.3 is 0 Å². The van der Waals surface area contributed by atoms with Crippen molar-refractivity contribution in [1.29, 1.82) is 0 Å². The molecule has 1 heteroatoms.